The number of hydrogen-bond acceptors (Lipinski definition) is 7. The molecule has 2 rings (SSSR count). The van der Waals surface area contributed by atoms with Gasteiger partial charge in [0.15, 0.2) is 9.34 Å². The van der Waals surface area contributed by atoms with Crippen LogP contribution in [0.25, 0.3) is 0 Å². The zero-order valence-corrected chi connectivity index (χ0v) is 14.0. The van der Waals surface area contributed by atoms with Crippen molar-refractivity contribution in [1.82, 2.24) is 9.88 Å². The third kappa shape index (κ3) is 4.89. The summed E-state index contributed by atoms with van der Waals surface area (Å²) in [5.41, 5.74) is 0. The topological polar surface area (TPSA) is 88.8 Å². The second-order valence-electron chi connectivity index (χ2n) is 5.26. The summed E-state index contributed by atoms with van der Waals surface area (Å²) >= 11 is 1.13. The third-order valence-electron chi connectivity index (χ3n) is 3.25. The van der Waals surface area contributed by atoms with Gasteiger partial charge in [-0.1, -0.05) is 11.3 Å². The summed E-state index contributed by atoms with van der Waals surface area (Å²) < 4.78 is 28.2. The summed E-state index contributed by atoms with van der Waals surface area (Å²) in [5, 5.41) is 5.82. The molecule has 2 N–H and O–H groups in total. The number of nitrogens with two attached hydrogens (primary N) is 1. The lowest BCUT2D eigenvalue weighted by molar-refractivity contribution is 0.0579. The van der Waals surface area contributed by atoms with Crippen molar-refractivity contribution < 1.29 is 13.2 Å². The summed E-state index contributed by atoms with van der Waals surface area (Å²) in [6, 6.07) is 0. The molecular formula is C12H22N4O3S2. The van der Waals surface area contributed by atoms with E-state index in [1.165, 1.54) is 6.20 Å². The van der Waals surface area contributed by atoms with Crippen LogP contribution in [-0.2, 0) is 14.8 Å². The number of anilines is 1. The fourth-order valence-electron chi connectivity index (χ4n) is 2.11. The van der Waals surface area contributed by atoms with Crippen LogP contribution in [0.1, 0.15) is 13.8 Å². The highest BCUT2D eigenvalue weighted by molar-refractivity contribution is 7.91. The van der Waals surface area contributed by atoms with Gasteiger partial charge >= 0.3 is 0 Å². The predicted octanol–water partition coefficient (Wildman–Crippen LogP) is 0.338. The molecule has 1 aliphatic heterocycles. The zero-order valence-electron chi connectivity index (χ0n) is 12.4. The van der Waals surface area contributed by atoms with E-state index >= 15 is 0 Å². The van der Waals surface area contributed by atoms with Gasteiger partial charge in [0.2, 0.25) is 10.0 Å². The molecule has 0 aromatic carbocycles. The number of sulfonamides is 1. The fraction of sp³-hybridized carbons (Fsp3) is 0.750. The van der Waals surface area contributed by atoms with Crippen LogP contribution in [0.3, 0.4) is 0 Å². The van der Waals surface area contributed by atoms with Crippen LogP contribution in [0.2, 0.25) is 0 Å². The minimum atomic E-state index is -3.65. The molecule has 1 saturated heterocycles. The molecule has 0 bridgehead atoms. The summed E-state index contributed by atoms with van der Waals surface area (Å²) in [6.45, 7) is 9.24. The van der Waals surface area contributed by atoms with Gasteiger partial charge in [0.25, 0.3) is 0 Å². The Morgan fingerprint density at radius 3 is 2.57 bits per heavy atom. The Morgan fingerprint density at radius 1 is 1.38 bits per heavy atom. The van der Waals surface area contributed by atoms with Gasteiger partial charge in [-0.25, -0.2) is 18.5 Å². The van der Waals surface area contributed by atoms with E-state index < -0.39 is 10.0 Å². The summed E-state index contributed by atoms with van der Waals surface area (Å²) in [7, 11) is -3.65. The Hall–Kier alpha value is -0.740. The second kappa shape index (κ2) is 7.01. The SMILES string of the molecule is CC(C)OCCN1CCN(c2ncc(S(N)(=O)=O)s2)CC1. The molecule has 0 spiro atoms. The maximum atomic E-state index is 11.3. The molecule has 0 aliphatic carbocycles. The lowest BCUT2D eigenvalue weighted by atomic mass is 10.3. The van der Waals surface area contributed by atoms with E-state index in [0.29, 0.717) is 0 Å². The molecule has 9 heteroatoms. The number of rotatable bonds is 6. The maximum Gasteiger partial charge on any atom is 0.249 e. The molecule has 7 nitrogen and oxygen atoms in total. The first kappa shape index (κ1) is 16.6. The molecular weight excluding hydrogens is 312 g/mol. The molecule has 1 aromatic heterocycles. The van der Waals surface area contributed by atoms with E-state index in [0.717, 1.165) is 55.8 Å². The lowest BCUT2D eigenvalue weighted by Crippen LogP contribution is -2.47. The molecule has 0 unspecified atom stereocenters. The van der Waals surface area contributed by atoms with Gasteiger partial charge < -0.3 is 9.64 Å². The smallest absolute Gasteiger partial charge is 0.249 e. The van der Waals surface area contributed by atoms with Gasteiger partial charge in [-0.15, -0.1) is 0 Å². The first-order valence-electron chi connectivity index (χ1n) is 6.94. The van der Waals surface area contributed by atoms with Crippen molar-refractivity contribution in [2.45, 2.75) is 24.2 Å². The van der Waals surface area contributed by atoms with Crippen molar-refractivity contribution in [3.63, 3.8) is 0 Å². The van der Waals surface area contributed by atoms with E-state index in [1.807, 2.05) is 13.8 Å². The van der Waals surface area contributed by atoms with E-state index in [2.05, 4.69) is 14.8 Å². The molecule has 120 valence electrons. The van der Waals surface area contributed by atoms with Gasteiger partial charge in [-0.05, 0) is 13.8 Å². The highest BCUT2D eigenvalue weighted by Crippen LogP contribution is 2.25. The molecule has 0 saturated carbocycles. The largest absolute Gasteiger partial charge is 0.377 e. The van der Waals surface area contributed by atoms with E-state index in [1.54, 1.807) is 0 Å². The molecule has 0 atom stereocenters. The monoisotopic (exact) mass is 334 g/mol. The van der Waals surface area contributed by atoms with Crippen molar-refractivity contribution in [3.8, 4) is 0 Å². The van der Waals surface area contributed by atoms with Crippen LogP contribution in [0.4, 0.5) is 5.13 Å². The van der Waals surface area contributed by atoms with E-state index in [9.17, 15) is 8.42 Å². The van der Waals surface area contributed by atoms with Gasteiger partial charge in [0.05, 0.1) is 18.9 Å². The van der Waals surface area contributed by atoms with Crippen molar-refractivity contribution in [2.24, 2.45) is 5.14 Å². The van der Waals surface area contributed by atoms with E-state index in [-0.39, 0.29) is 10.3 Å². The summed E-state index contributed by atoms with van der Waals surface area (Å²) in [4.78, 5) is 8.60. The number of primary sulfonamides is 1. The number of hydrogen-bond donors (Lipinski definition) is 1. The van der Waals surface area contributed by atoms with Crippen molar-refractivity contribution in [2.75, 3.05) is 44.2 Å². The Labute approximate surface area is 129 Å². The highest BCUT2D eigenvalue weighted by Gasteiger charge is 2.21. The fourth-order valence-corrected chi connectivity index (χ4v) is 3.70. The minimum Gasteiger partial charge on any atom is -0.377 e. The second-order valence-corrected chi connectivity index (χ2v) is 8.05. The number of aromatic nitrogens is 1. The predicted molar refractivity (Wildman–Crippen MR) is 83.2 cm³/mol. The third-order valence-corrected chi connectivity index (χ3v) is 5.72. The molecule has 0 amide bonds. The molecule has 1 fully saturated rings. The average Bonchev–Trinajstić information content (AvgIpc) is 2.88. The zero-order chi connectivity index (χ0) is 15.5. The standard InChI is InChI=1S/C12H22N4O3S2/c1-10(2)19-8-7-15-3-5-16(6-4-15)12-14-9-11(20-12)21(13,17)18/h9-10H,3-8H2,1-2H3,(H2,13,17,18). The van der Waals surface area contributed by atoms with Crippen LogP contribution >= 0.6 is 11.3 Å². The van der Waals surface area contributed by atoms with Crippen molar-refractivity contribution in [1.29, 1.82) is 0 Å². The number of ether oxygens (including phenoxy) is 1. The Kier molecular flexibility index (Phi) is 5.55. The van der Waals surface area contributed by atoms with Gasteiger partial charge in [-0.3, -0.25) is 4.90 Å². The average molecular weight is 334 g/mol. The van der Waals surface area contributed by atoms with Gasteiger partial charge in [-0.2, -0.15) is 0 Å². The first-order valence-corrected chi connectivity index (χ1v) is 9.30. The quantitative estimate of drug-likeness (QED) is 0.807. The summed E-state index contributed by atoms with van der Waals surface area (Å²) in [6.07, 6.45) is 1.59. The molecule has 1 aromatic rings. The van der Waals surface area contributed by atoms with Crippen molar-refractivity contribution >= 4 is 26.5 Å². The number of nitrogens with zero attached hydrogens (tertiary/aromatic N) is 3. The highest BCUT2D eigenvalue weighted by atomic mass is 32.2. The van der Waals surface area contributed by atoms with Crippen LogP contribution < -0.4 is 10.0 Å². The molecule has 2 heterocycles. The minimum absolute atomic E-state index is 0.116. The summed E-state index contributed by atoms with van der Waals surface area (Å²) in [5.74, 6) is 0. The van der Waals surface area contributed by atoms with Crippen LogP contribution in [0.5, 0.6) is 0 Å². The Morgan fingerprint density at radius 2 is 2.05 bits per heavy atom. The van der Waals surface area contributed by atoms with Crippen LogP contribution in [0, 0.1) is 0 Å². The van der Waals surface area contributed by atoms with E-state index in [4.69, 9.17) is 9.88 Å². The normalized spacial score (nSPS) is 17.6. The van der Waals surface area contributed by atoms with Crippen LogP contribution in [0.15, 0.2) is 10.4 Å². The lowest BCUT2D eigenvalue weighted by Gasteiger charge is -2.34. The van der Waals surface area contributed by atoms with Crippen molar-refractivity contribution in [3.05, 3.63) is 6.20 Å². The Bertz CT molecular complexity index is 551. The van der Waals surface area contributed by atoms with Crippen LogP contribution in [-0.4, -0.2) is 63.7 Å². The maximum absolute atomic E-state index is 11.3. The Balaban J connectivity index is 1.82. The van der Waals surface area contributed by atoms with Gasteiger partial charge in [0.1, 0.15) is 0 Å². The molecule has 21 heavy (non-hydrogen) atoms. The first-order chi connectivity index (χ1) is 9.86. The van der Waals surface area contributed by atoms with Gasteiger partial charge in [0, 0.05) is 32.7 Å². The number of piperazine rings is 1. The number of thiazole rings is 1. The molecule has 1 aliphatic rings. The molecule has 0 radical (unpaired) electrons.